The second kappa shape index (κ2) is 9.71. The second-order valence-electron chi connectivity index (χ2n) is 10.0. The molecule has 1 aliphatic carbocycles. The summed E-state index contributed by atoms with van der Waals surface area (Å²) in [6.45, 7) is 3.24. The highest BCUT2D eigenvalue weighted by Crippen LogP contribution is 2.41. The van der Waals surface area contributed by atoms with Crippen molar-refractivity contribution in [3.05, 3.63) is 41.2 Å². The molecule has 1 aromatic carbocycles. The molecule has 37 heavy (non-hydrogen) atoms. The van der Waals surface area contributed by atoms with Gasteiger partial charge in [-0.2, -0.15) is 5.10 Å². The second-order valence-corrected chi connectivity index (χ2v) is 11.1. The molecule has 2 N–H and O–H groups in total. The van der Waals surface area contributed by atoms with Gasteiger partial charge in [-0.3, -0.25) is 19.6 Å². The van der Waals surface area contributed by atoms with Crippen LogP contribution < -0.4 is 5.32 Å². The standard InChI is InChI=1S/C26H30N8O2S/c1-32(2)22(35)14-33-7-9-34(10-8-33)26(36)16-3-5-19-21(12-16)37-25-23(19)24(27-15-28-25)30-18-4-6-20-17(11-18)13-29-31-20/h4,6,11,13,15-16H,3,5,7-10,12,14H2,1-2H3,(H,29,31)(H,27,28,30). The lowest BCUT2D eigenvalue weighted by molar-refractivity contribution is -0.138. The maximum atomic E-state index is 13.4. The summed E-state index contributed by atoms with van der Waals surface area (Å²) in [4.78, 5) is 42.5. The minimum absolute atomic E-state index is 0.0108. The largest absolute Gasteiger partial charge is 0.348 e. The van der Waals surface area contributed by atoms with Gasteiger partial charge in [0.05, 0.1) is 23.6 Å². The van der Waals surface area contributed by atoms with Crippen LogP contribution in [0.15, 0.2) is 30.7 Å². The highest BCUT2D eigenvalue weighted by molar-refractivity contribution is 7.19. The summed E-state index contributed by atoms with van der Waals surface area (Å²) < 4.78 is 0. The normalized spacial score (nSPS) is 18.2. The van der Waals surface area contributed by atoms with Gasteiger partial charge in [0, 0.05) is 62.1 Å². The summed E-state index contributed by atoms with van der Waals surface area (Å²) in [7, 11) is 3.55. The van der Waals surface area contributed by atoms with E-state index in [1.54, 1.807) is 36.7 Å². The molecule has 1 unspecified atom stereocenters. The van der Waals surface area contributed by atoms with E-state index in [0.29, 0.717) is 19.6 Å². The van der Waals surface area contributed by atoms with E-state index in [4.69, 9.17) is 0 Å². The van der Waals surface area contributed by atoms with Crippen molar-refractivity contribution in [1.29, 1.82) is 0 Å². The van der Waals surface area contributed by atoms with Crippen molar-refractivity contribution in [1.82, 2.24) is 34.9 Å². The first kappa shape index (κ1) is 23.8. The van der Waals surface area contributed by atoms with Gasteiger partial charge in [0.2, 0.25) is 11.8 Å². The fourth-order valence-corrected chi connectivity index (χ4v) is 6.56. The van der Waals surface area contributed by atoms with Gasteiger partial charge in [-0.1, -0.05) is 0 Å². The molecule has 4 heterocycles. The molecule has 2 amide bonds. The first-order valence-corrected chi connectivity index (χ1v) is 13.4. The van der Waals surface area contributed by atoms with Crippen molar-refractivity contribution in [2.24, 2.45) is 5.92 Å². The molecule has 10 nitrogen and oxygen atoms in total. The molecule has 1 fully saturated rings. The SMILES string of the molecule is CN(C)C(=O)CN1CCN(C(=O)C2CCc3c(sc4ncnc(Nc5ccc6[nH]ncc6c5)c34)C2)CC1. The number of hydrogen-bond donors (Lipinski definition) is 2. The first-order chi connectivity index (χ1) is 18.0. The zero-order valence-corrected chi connectivity index (χ0v) is 21.8. The summed E-state index contributed by atoms with van der Waals surface area (Å²) in [6, 6.07) is 6.07. The van der Waals surface area contributed by atoms with Gasteiger partial charge in [-0.05, 0) is 43.0 Å². The molecular formula is C26H30N8O2S. The molecule has 2 aliphatic rings. The van der Waals surface area contributed by atoms with E-state index in [-0.39, 0.29) is 17.7 Å². The van der Waals surface area contributed by atoms with Crippen LogP contribution in [0.4, 0.5) is 11.5 Å². The predicted molar refractivity (Wildman–Crippen MR) is 144 cm³/mol. The van der Waals surface area contributed by atoms with E-state index in [0.717, 1.165) is 65.0 Å². The van der Waals surface area contributed by atoms with Gasteiger partial charge in [-0.15, -0.1) is 11.3 Å². The molecule has 1 atom stereocenters. The zero-order valence-electron chi connectivity index (χ0n) is 21.0. The average molecular weight is 519 g/mol. The van der Waals surface area contributed by atoms with Crippen LogP contribution in [-0.4, -0.2) is 93.5 Å². The number of aryl methyl sites for hydroxylation is 1. The number of H-pyrrole nitrogens is 1. The Morgan fingerprint density at radius 3 is 2.84 bits per heavy atom. The van der Waals surface area contributed by atoms with Gasteiger partial charge >= 0.3 is 0 Å². The number of anilines is 2. The minimum Gasteiger partial charge on any atom is -0.348 e. The molecule has 6 rings (SSSR count). The third-order valence-corrected chi connectivity index (χ3v) is 8.60. The fraction of sp³-hybridized carbons (Fsp3) is 0.423. The van der Waals surface area contributed by atoms with Crippen molar-refractivity contribution in [2.75, 3.05) is 52.1 Å². The number of thiophene rings is 1. The molecule has 0 spiro atoms. The molecule has 3 aromatic heterocycles. The Morgan fingerprint density at radius 1 is 1.19 bits per heavy atom. The highest BCUT2D eigenvalue weighted by atomic mass is 32.1. The van der Waals surface area contributed by atoms with Gasteiger partial charge < -0.3 is 15.1 Å². The van der Waals surface area contributed by atoms with Crippen molar-refractivity contribution in [3.63, 3.8) is 0 Å². The number of piperazine rings is 1. The number of nitrogens with zero attached hydrogens (tertiary/aromatic N) is 6. The third-order valence-electron chi connectivity index (χ3n) is 7.44. The number of aromatic nitrogens is 4. The summed E-state index contributed by atoms with van der Waals surface area (Å²) in [5, 5.41) is 12.7. The van der Waals surface area contributed by atoms with E-state index in [2.05, 4.69) is 36.4 Å². The molecule has 0 radical (unpaired) electrons. The molecule has 192 valence electrons. The number of likely N-dealkylation sites (N-methyl/N-ethyl adjacent to an activating group) is 1. The first-order valence-electron chi connectivity index (χ1n) is 12.6. The lowest BCUT2D eigenvalue weighted by Crippen LogP contribution is -2.52. The molecule has 11 heteroatoms. The van der Waals surface area contributed by atoms with Crippen molar-refractivity contribution in [3.8, 4) is 0 Å². The van der Waals surface area contributed by atoms with Crippen LogP contribution in [0.2, 0.25) is 0 Å². The third kappa shape index (κ3) is 4.64. The van der Waals surface area contributed by atoms with Gasteiger partial charge in [0.15, 0.2) is 0 Å². The Hall–Kier alpha value is -3.57. The van der Waals surface area contributed by atoms with Crippen LogP contribution in [0.3, 0.4) is 0 Å². The number of rotatable bonds is 5. The Kier molecular flexibility index (Phi) is 6.25. The van der Waals surface area contributed by atoms with Crippen molar-refractivity contribution < 1.29 is 9.59 Å². The number of hydrogen-bond acceptors (Lipinski definition) is 8. The van der Waals surface area contributed by atoms with Crippen LogP contribution in [0.1, 0.15) is 16.9 Å². The van der Waals surface area contributed by atoms with E-state index in [1.165, 1.54) is 10.4 Å². The summed E-state index contributed by atoms with van der Waals surface area (Å²) >= 11 is 1.68. The van der Waals surface area contributed by atoms with Gasteiger partial charge in [-0.25, -0.2) is 9.97 Å². The highest BCUT2D eigenvalue weighted by Gasteiger charge is 2.33. The van der Waals surface area contributed by atoms with Crippen LogP contribution in [0.5, 0.6) is 0 Å². The van der Waals surface area contributed by atoms with E-state index in [1.807, 2.05) is 23.2 Å². The number of benzene rings is 1. The Morgan fingerprint density at radius 2 is 2.03 bits per heavy atom. The lowest BCUT2D eigenvalue weighted by atomic mass is 9.86. The van der Waals surface area contributed by atoms with Crippen LogP contribution in [0.25, 0.3) is 21.1 Å². The summed E-state index contributed by atoms with van der Waals surface area (Å²) in [6.07, 6.45) is 5.82. The van der Waals surface area contributed by atoms with Gasteiger partial charge in [0.25, 0.3) is 0 Å². The van der Waals surface area contributed by atoms with E-state index < -0.39 is 0 Å². The quantitative estimate of drug-likeness (QED) is 0.418. The summed E-state index contributed by atoms with van der Waals surface area (Å²) in [5.74, 6) is 1.13. The molecule has 4 aromatic rings. The van der Waals surface area contributed by atoms with Crippen LogP contribution in [-0.2, 0) is 22.4 Å². The van der Waals surface area contributed by atoms with Crippen molar-refractivity contribution >= 4 is 55.8 Å². The predicted octanol–water partition coefficient (Wildman–Crippen LogP) is 2.65. The van der Waals surface area contributed by atoms with Crippen molar-refractivity contribution in [2.45, 2.75) is 19.3 Å². The van der Waals surface area contributed by atoms with E-state index in [9.17, 15) is 9.59 Å². The summed E-state index contributed by atoms with van der Waals surface area (Å²) in [5.41, 5.74) is 3.21. The number of fused-ring (bicyclic) bond motifs is 4. The molecule has 0 saturated carbocycles. The number of amides is 2. The lowest BCUT2D eigenvalue weighted by Gasteiger charge is -2.37. The van der Waals surface area contributed by atoms with Crippen LogP contribution in [0, 0.1) is 5.92 Å². The maximum absolute atomic E-state index is 13.4. The number of carbonyl (C=O) groups excluding carboxylic acids is 2. The van der Waals surface area contributed by atoms with Crippen LogP contribution >= 0.6 is 11.3 Å². The van der Waals surface area contributed by atoms with Gasteiger partial charge in [0.1, 0.15) is 17.0 Å². The number of aromatic amines is 1. The number of carbonyl (C=O) groups is 2. The van der Waals surface area contributed by atoms with E-state index >= 15 is 0 Å². The number of nitrogens with one attached hydrogen (secondary N) is 2. The zero-order chi connectivity index (χ0) is 25.5. The molecule has 1 saturated heterocycles. The monoisotopic (exact) mass is 518 g/mol. The Labute approximate surface area is 218 Å². The maximum Gasteiger partial charge on any atom is 0.236 e. The Balaban J connectivity index is 1.15. The topological polar surface area (TPSA) is 110 Å². The minimum atomic E-state index is -0.0108. The molecule has 1 aliphatic heterocycles. The smallest absolute Gasteiger partial charge is 0.236 e. The Bertz CT molecular complexity index is 1470. The fourth-order valence-electron chi connectivity index (χ4n) is 5.29. The molecular weight excluding hydrogens is 488 g/mol. The average Bonchev–Trinajstić information content (AvgIpc) is 3.52. The molecule has 0 bridgehead atoms.